The van der Waals surface area contributed by atoms with Gasteiger partial charge in [-0.05, 0) is 0 Å². The van der Waals surface area contributed by atoms with Gasteiger partial charge in [-0.1, -0.05) is 46.5 Å². The molecule has 0 heterocycles. The Morgan fingerprint density at radius 1 is 1.00 bits per heavy atom. The average Bonchev–Trinajstić information content (AvgIpc) is 2.58. The zero-order valence-electron chi connectivity index (χ0n) is 11.8. The van der Waals surface area contributed by atoms with Crippen molar-refractivity contribution in [3.05, 3.63) is 46.6 Å². The second-order valence-electron chi connectivity index (χ2n) is 4.85. The molecule has 2 atom stereocenters. The van der Waals surface area contributed by atoms with E-state index >= 15 is 0 Å². The van der Waals surface area contributed by atoms with Gasteiger partial charge in [0.15, 0.2) is 0 Å². The Kier molecular flexibility index (Phi) is 7.23. The predicted octanol–water partition coefficient (Wildman–Crippen LogP) is 4.66. The third-order valence-electron chi connectivity index (χ3n) is 3.11. The van der Waals surface area contributed by atoms with Gasteiger partial charge in [-0.25, -0.2) is 22.8 Å². The first-order valence-corrected chi connectivity index (χ1v) is 5.97. The number of allylic oxidation sites excluding steroid dienone is 8. The van der Waals surface area contributed by atoms with Crippen LogP contribution < -0.4 is 0 Å². The zero-order chi connectivity index (χ0) is 12.3. The third kappa shape index (κ3) is 5.33. The molecule has 0 aliphatic heterocycles. The first-order valence-electron chi connectivity index (χ1n) is 5.97. The Bertz CT molecular complexity index is 362. The molecule has 2 aliphatic rings. The van der Waals surface area contributed by atoms with Gasteiger partial charge < -0.3 is 0 Å². The van der Waals surface area contributed by atoms with E-state index < -0.39 is 0 Å². The molecule has 0 saturated heterocycles. The van der Waals surface area contributed by atoms with Crippen molar-refractivity contribution in [3.63, 3.8) is 0 Å². The molecule has 2 unspecified atom stereocenters. The number of hydrogen-bond donors (Lipinski definition) is 0. The molecule has 1 heteroatoms. The summed E-state index contributed by atoms with van der Waals surface area (Å²) in [7, 11) is 0. The molecule has 2 rings (SSSR count). The van der Waals surface area contributed by atoms with Crippen molar-refractivity contribution in [2.24, 2.45) is 11.8 Å². The summed E-state index contributed by atoms with van der Waals surface area (Å²) in [6.07, 6.45) is 11.0. The molecular formula is C16H22Hf-2. The van der Waals surface area contributed by atoms with E-state index in [4.69, 9.17) is 0 Å². The molecule has 0 fully saturated rings. The van der Waals surface area contributed by atoms with E-state index in [0.717, 1.165) is 0 Å². The van der Waals surface area contributed by atoms with Crippen LogP contribution in [0.15, 0.2) is 34.4 Å². The normalized spacial score (nSPS) is 26.0. The van der Waals surface area contributed by atoms with Crippen LogP contribution in [-0.4, -0.2) is 0 Å². The molecule has 0 amide bonds. The van der Waals surface area contributed by atoms with Gasteiger partial charge in [0.2, 0.25) is 0 Å². The van der Waals surface area contributed by atoms with Gasteiger partial charge in [-0.2, -0.15) is 11.6 Å². The first-order chi connectivity index (χ1) is 7.40. The van der Waals surface area contributed by atoms with Crippen molar-refractivity contribution in [2.75, 3.05) is 0 Å². The largest absolute Gasteiger partial charge is 0.266 e. The minimum absolute atomic E-state index is 0. The van der Waals surface area contributed by atoms with Crippen molar-refractivity contribution in [2.45, 2.75) is 41.5 Å². The third-order valence-corrected chi connectivity index (χ3v) is 3.11. The fourth-order valence-corrected chi connectivity index (χ4v) is 1.96. The monoisotopic (exact) mass is 394 g/mol. The smallest absolute Gasteiger partial charge is 0 e. The van der Waals surface area contributed by atoms with E-state index in [1.54, 1.807) is 0 Å². The maximum Gasteiger partial charge on any atom is 0 e. The minimum Gasteiger partial charge on any atom is -0.266 e. The summed E-state index contributed by atoms with van der Waals surface area (Å²) in [5.41, 5.74) is 5.42. The second kappa shape index (κ2) is 7.31. The summed E-state index contributed by atoms with van der Waals surface area (Å²) < 4.78 is 0. The van der Waals surface area contributed by atoms with E-state index in [1.807, 2.05) is 0 Å². The van der Waals surface area contributed by atoms with Gasteiger partial charge in [-0.3, -0.25) is 12.2 Å². The molecule has 0 bridgehead atoms. The Morgan fingerprint density at radius 3 is 1.71 bits per heavy atom. The van der Waals surface area contributed by atoms with E-state index in [9.17, 15) is 0 Å². The maximum absolute atomic E-state index is 3.29. The van der Waals surface area contributed by atoms with Crippen molar-refractivity contribution < 1.29 is 25.8 Å². The van der Waals surface area contributed by atoms with Crippen LogP contribution in [0.2, 0.25) is 0 Å². The summed E-state index contributed by atoms with van der Waals surface area (Å²) in [6.45, 7) is 12.8. The van der Waals surface area contributed by atoms with Crippen LogP contribution in [0.25, 0.3) is 0 Å². The Balaban J connectivity index is 0.000000284. The number of hydrogen-bond acceptors (Lipinski definition) is 0. The van der Waals surface area contributed by atoms with Gasteiger partial charge in [0.05, 0.1) is 0 Å². The molecule has 17 heavy (non-hydrogen) atoms. The molecule has 0 aromatic carbocycles. The van der Waals surface area contributed by atoms with Gasteiger partial charge >= 0.3 is 0 Å². The van der Waals surface area contributed by atoms with Crippen LogP contribution in [0.5, 0.6) is 0 Å². The van der Waals surface area contributed by atoms with Crippen molar-refractivity contribution in [1.82, 2.24) is 0 Å². The first kappa shape index (κ1) is 16.8. The molecule has 0 aromatic heterocycles. The van der Waals surface area contributed by atoms with Crippen molar-refractivity contribution >= 4 is 0 Å². The molecule has 0 radical (unpaired) electrons. The van der Waals surface area contributed by atoms with Gasteiger partial charge in [0.1, 0.15) is 0 Å². The van der Waals surface area contributed by atoms with Crippen molar-refractivity contribution in [3.8, 4) is 0 Å². The predicted molar refractivity (Wildman–Crippen MR) is 70.7 cm³/mol. The fourth-order valence-electron chi connectivity index (χ4n) is 1.96. The Hall–Kier alpha value is -0.170. The molecule has 0 aromatic rings. The van der Waals surface area contributed by atoms with Crippen LogP contribution in [0.1, 0.15) is 41.5 Å². The van der Waals surface area contributed by atoms with E-state index in [1.165, 1.54) is 22.3 Å². The Morgan fingerprint density at radius 2 is 1.59 bits per heavy atom. The molecule has 0 nitrogen and oxygen atoms in total. The summed E-state index contributed by atoms with van der Waals surface area (Å²) in [5, 5.41) is 0. The van der Waals surface area contributed by atoms with Gasteiger partial charge in [0, 0.05) is 25.8 Å². The molecule has 0 N–H and O–H groups in total. The summed E-state index contributed by atoms with van der Waals surface area (Å²) in [6, 6.07) is 0. The quantitative estimate of drug-likeness (QED) is 0.415. The second-order valence-corrected chi connectivity index (χ2v) is 4.85. The SMILES string of the molecule is CC1=[C-]C(C)C(C)=C1.CC1=[C-]C(C)C=C1C.[Hf]. The minimum atomic E-state index is 0. The average molecular weight is 393 g/mol. The van der Waals surface area contributed by atoms with Crippen LogP contribution in [0, 0.1) is 24.0 Å². The van der Waals surface area contributed by atoms with Crippen LogP contribution in [-0.2, 0) is 25.8 Å². The standard InChI is InChI=1S/2C8H11.Hf/c2*1-6-4-7(2)8(3)5-6;/h4,8H,1-3H3;4,6H,1-3H3;/q2*-1;. The van der Waals surface area contributed by atoms with Crippen LogP contribution in [0.4, 0.5) is 0 Å². The van der Waals surface area contributed by atoms with E-state index in [2.05, 4.69) is 65.8 Å². The van der Waals surface area contributed by atoms with Gasteiger partial charge in [0.25, 0.3) is 0 Å². The zero-order valence-corrected chi connectivity index (χ0v) is 15.4. The Labute approximate surface area is 125 Å². The van der Waals surface area contributed by atoms with Crippen molar-refractivity contribution in [1.29, 1.82) is 0 Å². The van der Waals surface area contributed by atoms with Crippen LogP contribution in [0.3, 0.4) is 0 Å². The fraction of sp³-hybridized carbons (Fsp3) is 0.500. The molecule has 2 aliphatic carbocycles. The topological polar surface area (TPSA) is 0 Å². The maximum atomic E-state index is 3.29. The van der Waals surface area contributed by atoms with E-state index in [-0.39, 0.29) is 25.8 Å². The summed E-state index contributed by atoms with van der Waals surface area (Å²) >= 11 is 0. The van der Waals surface area contributed by atoms with E-state index in [0.29, 0.717) is 11.8 Å². The van der Waals surface area contributed by atoms with Crippen LogP contribution >= 0.6 is 0 Å². The summed E-state index contributed by atoms with van der Waals surface area (Å²) in [4.78, 5) is 0. The van der Waals surface area contributed by atoms with Gasteiger partial charge in [-0.15, -0.1) is 6.92 Å². The summed E-state index contributed by atoms with van der Waals surface area (Å²) in [5.74, 6) is 1.12. The molecular weight excluding hydrogens is 371 g/mol. The molecule has 0 saturated carbocycles. The molecule has 92 valence electrons. The molecule has 0 spiro atoms. The number of rotatable bonds is 0.